The van der Waals surface area contributed by atoms with Gasteiger partial charge in [-0.05, 0) is 57.4 Å². The molecule has 0 aliphatic heterocycles. The van der Waals surface area contributed by atoms with E-state index in [-0.39, 0.29) is 35.3 Å². The van der Waals surface area contributed by atoms with Gasteiger partial charge in [-0.3, -0.25) is 5.32 Å². The number of thiophene rings is 1. The van der Waals surface area contributed by atoms with Gasteiger partial charge in [0.15, 0.2) is 0 Å². The number of allylic oxidation sites excluding steroid dienone is 1. The van der Waals surface area contributed by atoms with Crippen molar-refractivity contribution in [2.24, 2.45) is 0 Å². The molecule has 2 amide bonds. The minimum atomic E-state index is -0.728. The third kappa shape index (κ3) is 6.68. The maximum absolute atomic E-state index is 12.9. The Morgan fingerprint density at radius 2 is 1.82 bits per heavy atom. The summed E-state index contributed by atoms with van der Waals surface area (Å²) >= 11 is 0.963. The molecule has 0 unspecified atom stereocenters. The van der Waals surface area contributed by atoms with Gasteiger partial charge in [-0.2, -0.15) is 0 Å². The van der Waals surface area contributed by atoms with Crippen LogP contribution in [0.5, 0.6) is 0 Å². The zero-order valence-electron chi connectivity index (χ0n) is 20.5. The molecule has 2 rings (SSSR count). The van der Waals surface area contributed by atoms with E-state index in [0.29, 0.717) is 5.56 Å². The number of amides is 2. The van der Waals surface area contributed by atoms with E-state index in [0.717, 1.165) is 28.0 Å². The Hall–Kier alpha value is -3.17. The molecule has 9 heteroatoms. The quantitative estimate of drug-likeness (QED) is 0.355. The molecule has 34 heavy (non-hydrogen) atoms. The molecule has 0 fully saturated rings. The van der Waals surface area contributed by atoms with Crippen molar-refractivity contribution in [1.29, 1.82) is 0 Å². The summed E-state index contributed by atoms with van der Waals surface area (Å²) in [5.74, 6) is -1.23. The average Bonchev–Trinajstić information content (AvgIpc) is 3.09. The van der Waals surface area contributed by atoms with Gasteiger partial charge in [-0.1, -0.05) is 30.4 Å². The van der Waals surface area contributed by atoms with E-state index in [1.165, 1.54) is 7.11 Å². The van der Waals surface area contributed by atoms with Gasteiger partial charge >= 0.3 is 18.0 Å². The number of hydrogen-bond donors (Lipinski definition) is 2. The molecule has 0 saturated carbocycles. The number of nitrogens with one attached hydrogen (secondary N) is 2. The Labute approximate surface area is 204 Å². The van der Waals surface area contributed by atoms with Crippen molar-refractivity contribution in [2.45, 2.75) is 40.2 Å². The molecule has 8 nitrogen and oxygen atoms in total. The maximum atomic E-state index is 12.9. The van der Waals surface area contributed by atoms with Crippen LogP contribution in [-0.4, -0.2) is 44.9 Å². The lowest BCUT2D eigenvalue weighted by Gasteiger charge is -2.27. The molecule has 0 bridgehead atoms. The van der Waals surface area contributed by atoms with Crippen LogP contribution < -0.4 is 10.6 Å². The number of esters is 2. The predicted octanol–water partition coefficient (Wildman–Crippen LogP) is 5.13. The van der Waals surface area contributed by atoms with Gasteiger partial charge in [0, 0.05) is 7.11 Å². The first-order valence-corrected chi connectivity index (χ1v) is 11.7. The fourth-order valence-electron chi connectivity index (χ4n) is 3.19. The smallest absolute Gasteiger partial charge is 0.348 e. The molecule has 1 aromatic carbocycles. The lowest BCUT2D eigenvalue weighted by Crippen LogP contribution is -2.43. The molecule has 0 spiro atoms. The number of rotatable bonds is 10. The van der Waals surface area contributed by atoms with Crippen LogP contribution in [0.25, 0.3) is 5.57 Å². The number of anilines is 1. The summed E-state index contributed by atoms with van der Waals surface area (Å²) in [5, 5.41) is 5.85. The third-order valence-electron chi connectivity index (χ3n) is 5.06. The second-order valence-electron chi connectivity index (χ2n) is 8.17. The SMILES string of the molecule is C=C(C)c1cccc(C(C)(C)NC(=O)Nc2sc(C(=O)OCCOC)c(C)c2C(=O)OCC)c1. The van der Waals surface area contributed by atoms with Gasteiger partial charge in [-0.15, -0.1) is 11.3 Å². The van der Waals surface area contributed by atoms with Gasteiger partial charge < -0.3 is 19.5 Å². The second-order valence-corrected chi connectivity index (χ2v) is 9.20. The van der Waals surface area contributed by atoms with Gasteiger partial charge in [0.1, 0.15) is 16.5 Å². The normalized spacial score (nSPS) is 11.0. The van der Waals surface area contributed by atoms with Crippen LogP contribution in [0.15, 0.2) is 30.8 Å². The van der Waals surface area contributed by atoms with E-state index in [2.05, 4.69) is 17.2 Å². The Morgan fingerprint density at radius 1 is 1.12 bits per heavy atom. The second kappa shape index (κ2) is 11.8. The molecule has 184 valence electrons. The molecular formula is C25H32N2O6S. The molecule has 0 aliphatic rings. The minimum Gasteiger partial charge on any atom is -0.462 e. The van der Waals surface area contributed by atoms with E-state index >= 15 is 0 Å². The minimum absolute atomic E-state index is 0.0715. The molecule has 1 aromatic heterocycles. The molecular weight excluding hydrogens is 456 g/mol. The topological polar surface area (TPSA) is 103 Å². The van der Waals surface area contributed by atoms with Crippen molar-refractivity contribution in [1.82, 2.24) is 5.32 Å². The fourth-order valence-corrected chi connectivity index (χ4v) is 4.28. The molecule has 2 N–H and O–H groups in total. The Kier molecular flexibility index (Phi) is 9.40. The lowest BCUT2D eigenvalue weighted by atomic mass is 9.92. The monoisotopic (exact) mass is 488 g/mol. The van der Waals surface area contributed by atoms with Crippen molar-refractivity contribution in [3.05, 3.63) is 58.0 Å². The van der Waals surface area contributed by atoms with Gasteiger partial charge in [0.2, 0.25) is 0 Å². The van der Waals surface area contributed by atoms with E-state index in [1.54, 1.807) is 13.8 Å². The highest BCUT2D eigenvalue weighted by molar-refractivity contribution is 7.18. The molecule has 1 heterocycles. The standard InChI is InChI=1S/C25H32N2O6S/c1-8-32-22(28)19-16(4)20(23(29)33-13-12-31-7)34-21(19)26-24(30)27-25(5,6)18-11-9-10-17(14-18)15(2)3/h9-11,14H,2,8,12-13H2,1,3-7H3,(H2,26,27,30). The molecule has 0 radical (unpaired) electrons. The van der Waals surface area contributed by atoms with Crippen molar-refractivity contribution in [2.75, 3.05) is 32.2 Å². The summed E-state index contributed by atoms with van der Waals surface area (Å²) in [4.78, 5) is 38.3. The first-order valence-electron chi connectivity index (χ1n) is 10.8. The van der Waals surface area contributed by atoms with E-state index in [4.69, 9.17) is 14.2 Å². The van der Waals surface area contributed by atoms with Gasteiger partial charge in [0.25, 0.3) is 0 Å². The number of methoxy groups -OCH3 is 1. The van der Waals surface area contributed by atoms with Gasteiger partial charge in [-0.25, -0.2) is 14.4 Å². The van der Waals surface area contributed by atoms with Crippen molar-refractivity contribution < 1.29 is 28.6 Å². The van der Waals surface area contributed by atoms with Crippen LogP contribution >= 0.6 is 11.3 Å². The highest BCUT2D eigenvalue weighted by Gasteiger charge is 2.29. The van der Waals surface area contributed by atoms with Crippen LogP contribution in [0.2, 0.25) is 0 Å². The van der Waals surface area contributed by atoms with E-state index < -0.39 is 23.5 Å². The molecule has 0 saturated heterocycles. The number of carbonyl (C=O) groups is 3. The number of hydrogen-bond acceptors (Lipinski definition) is 7. The van der Waals surface area contributed by atoms with Crippen molar-refractivity contribution >= 4 is 39.9 Å². The summed E-state index contributed by atoms with van der Waals surface area (Å²) in [6.45, 7) is 13.4. The summed E-state index contributed by atoms with van der Waals surface area (Å²) in [6.07, 6.45) is 0. The largest absolute Gasteiger partial charge is 0.462 e. The van der Waals surface area contributed by atoms with Gasteiger partial charge in [0.05, 0.1) is 24.3 Å². The summed E-state index contributed by atoms with van der Waals surface area (Å²) in [5.41, 5.74) is 2.56. The van der Waals surface area contributed by atoms with E-state index in [9.17, 15) is 14.4 Å². The van der Waals surface area contributed by atoms with Crippen LogP contribution in [0.1, 0.15) is 64.4 Å². The summed E-state index contributed by atoms with van der Waals surface area (Å²) in [6, 6.07) is 7.21. The third-order valence-corrected chi connectivity index (χ3v) is 6.25. The Bertz CT molecular complexity index is 1070. The van der Waals surface area contributed by atoms with Crippen LogP contribution in [0.3, 0.4) is 0 Å². The highest BCUT2D eigenvalue weighted by Crippen LogP contribution is 2.34. The summed E-state index contributed by atoms with van der Waals surface area (Å²) < 4.78 is 15.2. The maximum Gasteiger partial charge on any atom is 0.348 e. The fraction of sp³-hybridized carbons (Fsp3) is 0.400. The predicted molar refractivity (Wildman–Crippen MR) is 134 cm³/mol. The van der Waals surface area contributed by atoms with Crippen molar-refractivity contribution in [3.8, 4) is 0 Å². The van der Waals surface area contributed by atoms with E-state index in [1.807, 2.05) is 45.0 Å². The number of benzene rings is 1. The first kappa shape index (κ1) is 27.1. The number of ether oxygens (including phenoxy) is 3. The summed E-state index contributed by atoms with van der Waals surface area (Å²) in [7, 11) is 1.50. The van der Waals surface area contributed by atoms with Crippen LogP contribution in [-0.2, 0) is 19.7 Å². The van der Waals surface area contributed by atoms with Crippen LogP contribution in [0.4, 0.5) is 9.80 Å². The molecule has 0 atom stereocenters. The number of carbonyl (C=O) groups excluding carboxylic acids is 3. The Balaban J connectivity index is 2.29. The molecule has 2 aromatic rings. The Morgan fingerprint density at radius 3 is 2.44 bits per heavy atom. The number of urea groups is 1. The first-order chi connectivity index (χ1) is 16.0. The zero-order valence-corrected chi connectivity index (χ0v) is 21.3. The van der Waals surface area contributed by atoms with Crippen LogP contribution in [0, 0.1) is 6.92 Å². The highest BCUT2D eigenvalue weighted by atomic mass is 32.1. The lowest BCUT2D eigenvalue weighted by molar-refractivity contribution is 0.0392. The average molecular weight is 489 g/mol. The zero-order chi connectivity index (χ0) is 25.5. The molecule has 0 aliphatic carbocycles. The van der Waals surface area contributed by atoms with Crippen molar-refractivity contribution in [3.63, 3.8) is 0 Å².